The number of carbonyl (C=O) groups is 1. The predicted octanol–water partition coefficient (Wildman–Crippen LogP) is 4.30. The Morgan fingerprint density at radius 2 is 1.92 bits per heavy atom. The van der Waals surface area contributed by atoms with Gasteiger partial charge in [0.1, 0.15) is 0 Å². The van der Waals surface area contributed by atoms with Gasteiger partial charge in [-0.15, -0.1) is 0 Å². The molecule has 0 bridgehead atoms. The van der Waals surface area contributed by atoms with Gasteiger partial charge in [0.25, 0.3) is 0 Å². The molecule has 0 atom stereocenters. The minimum absolute atomic E-state index is 0.147. The molecule has 1 amide bonds. The Morgan fingerprint density at radius 1 is 1.20 bits per heavy atom. The van der Waals surface area contributed by atoms with Crippen LogP contribution in [0, 0.1) is 0 Å². The quantitative estimate of drug-likeness (QED) is 0.756. The highest BCUT2D eigenvalue weighted by molar-refractivity contribution is 5.92. The third-order valence-corrected chi connectivity index (χ3v) is 4.00. The zero-order valence-electron chi connectivity index (χ0n) is 13.4. The normalized spacial score (nSPS) is 14.7. The minimum atomic E-state index is -4.36. The van der Waals surface area contributed by atoms with E-state index in [0.29, 0.717) is 12.1 Å². The molecule has 0 saturated heterocycles. The first-order valence-corrected chi connectivity index (χ1v) is 7.98. The molecule has 130 valence electrons. The van der Waals surface area contributed by atoms with Crippen LogP contribution >= 0.6 is 0 Å². The lowest BCUT2D eigenvalue weighted by molar-refractivity contribution is -0.137. The Balaban J connectivity index is 1.67. The van der Waals surface area contributed by atoms with Crippen LogP contribution < -0.4 is 0 Å². The van der Waals surface area contributed by atoms with Gasteiger partial charge >= 0.3 is 6.18 Å². The molecule has 0 spiro atoms. The lowest BCUT2D eigenvalue weighted by atomic mass is 10.1. The van der Waals surface area contributed by atoms with Crippen LogP contribution in [0.5, 0.6) is 0 Å². The Labute approximate surface area is 143 Å². The number of aromatic nitrogens is 1. The van der Waals surface area contributed by atoms with Crippen LogP contribution in [0.3, 0.4) is 0 Å². The van der Waals surface area contributed by atoms with Crippen molar-refractivity contribution < 1.29 is 18.0 Å². The highest BCUT2D eigenvalue weighted by Crippen LogP contribution is 2.30. The van der Waals surface area contributed by atoms with Gasteiger partial charge < -0.3 is 4.90 Å². The molecule has 0 radical (unpaired) electrons. The largest absolute Gasteiger partial charge is 0.416 e. The van der Waals surface area contributed by atoms with Crippen LogP contribution in [-0.4, -0.2) is 21.8 Å². The minimum Gasteiger partial charge on any atom is -0.332 e. The number of halogens is 3. The van der Waals surface area contributed by atoms with Gasteiger partial charge in [-0.2, -0.15) is 13.2 Å². The van der Waals surface area contributed by atoms with Crippen LogP contribution in [0.15, 0.2) is 54.9 Å². The number of amides is 1. The first-order valence-electron chi connectivity index (χ1n) is 7.98. The highest BCUT2D eigenvalue weighted by Gasteiger charge is 2.32. The van der Waals surface area contributed by atoms with Crippen molar-refractivity contribution in [2.24, 2.45) is 0 Å². The van der Waals surface area contributed by atoms with Gasteiger partial charge in [0.2, 0.25) is 5.91 Å². The molecule has 1 aromatic carbocycles. The molecule has 2 aromatic rings. The van der Waals surface area contributed by atoms with Gasteiger partial charge in [0.05, 0.1) is 5.56 Å². The standard InChI is InChI=1S/C19H17F3N2O/c20-19(21,22)16-6-3-14(4-7-16)5-10-18(25)24(17-8-9-17)13-15-2-1-11-23-12-15/h1-7,10-12,17H,8-9,13H2. The molecule has 3 rings (SSSR count). The smallest absolute Gasteiger partial charge is 0.332 e. The number of carbonyl (C=O) groups excluding carboxylic acids is 1. The zero-order valence-corrected chi connectivity index (χ0v) is 13.4. The van der Waals surface area contributed by atoms with Crippen LogP contribution in [0.4, 0.5) is 13.2 Å². The van der Waals surface area contributed by atoms with Crippen molar-refractivity contribution in [1.82, 2.24) is 9.88 Å². The summed E-state index contributed by atoms with van der Waals surface area (Å²) in [5, 5.41) is 0. The van der Waals surface area contributed by atoms with Gasteiger partial charge in [-0.25, -0.2) is 0 Å². The number of hydrogen-bond acceptors (Lipinski definition) is 2. The average molecular weight is 346 g/mol. The molecule has 25 heavy (non-hydrogen) atoms. The fraction of sp³-hybridized carbons (Fsp3) is 0.263. The first kappa shape index (κ1) is 17.2. The second-order valence-corrected chi connectivity index (χ2v) is 6.01. The van der Waals surface area contributed by atoms with Crippen molar-refractivity contribution >= 4 is 12.0 Å². The van der Waals surface area contributed by atoms with E-state index < -0.39 is 11.7 Å². The molecule has 1 saturated carbocycles. The molecule has 1 aliphatic carbocycles. The van der Waals surface area contributed by atoms with Crippen molar-refractivity contribution in [2.75, 3.05) is 0 Å². The lowest BCUT2D eigenvalue weighted by Crippen LogP contribution is -2.31. The monoisotopic (exact) mass is 346 g/mol. The summed E-state index contributed by atoms with van der Waals surface area (Å²) in [6, 6.07) is 8.70. The molecule has 3 nitrogen and oxygen atoms in total. The number of hydrogen-bond donors (Lipinski definition) is 0. The van der Waals surface area contributed by atoms with E-state index in [0.717, 1.165) is 30.5 Å². The Bertz CT molecular complexity index is 750. The van der Waals surface area contributed by atoms with Crippen molar-refractivity contribution in [3.05, 3.63) is 71.6 Å². The van der Waals surface area contributed by atoms with Crippen LogP contribution in [-0.2, 0) is 17.5 Å². The van der Waals surface area contributed by atoms with Crippen molar-refractivity contribution in [3.63, 3.8) is 0 Å². The van der Waals surface area contributed by atoms with Crippen LogP contribution in [0.1, 0.15) is 29.5 Å². The van der Waals surface area contributed by atoms with Crippen molar-refractivity contribution in [3.8, 4) is 0 Å². The maximum Gasteiger partial charge on any atom is 0.416 e. The Hall–Kier alpha value is -2.63. The van der Waals surface area contributed by atoms with E-state index in [-0.39, 0.29) is 11.9 Å². The summed E-state index contributed by atoms with van der Waals surface area (Å²) in [7, 11) is 0. The zero-order chi connectivity index (χ0) is 17.9. The van der Waals surface area contributed by atoms with Gasteiger partial charge in [-0.3, -0.25) is 9.78 Å². The summed E-state index contributed by atoms with van der Waals surface area (Å²) in [5.74, 6) is -0.147. The third-order valence-electron chi connectivity index (χ3n) is 4.00. The summed E-state index contributed by atoms with van der Waals surface area (Å²) in [6.45, 7) is 0.481. The molecule has 0 aliphatic heterocycles. The molecule has 1 aromatic heterocycles. The molecule has 1 aliphatic rings. The van der Waals surface area contributed by atoms with E-state index >= 15 is 0 Å². The lowest BCUT2D eigenvalue weighted by Gasteiger charge is -2.20. The van der Waals surface area contributed by atoms with E-state index in [4.69, 9.17) is 0 Å². The summed E-state index contributed by atoms with van der Waals surface area (Å²) < 4.78 is 37.7. The molecule has 1 fully saturated rings. The van der Waals surface area contributed by atoms with Crippen molar-refractivity contribution in [1.29, 1.82) is 0 Å². The van der Waals surface area contributed by atoms with Gasteiger partial charge in [0, 0.05) is 31.1 Å². The second kappa shape index (κ2) is 7.09. The highest BCUT2D eigenvalue weighted by atomic mass is 19.4. The topological polar surface area (TPSA) is 33.2 Å². The Morgan fingerprint density at radius 3 is 2.48 bits per heavy atom. The molecule has 0 unspecified atom stereocenters. The third kappa shape index (κ3) is 4.68. The van der Waals surface area contributed by atoms with Gasteiger partial charge in [-0.05, 0) is 48.2 Å². The maximum atomic E-state index is 12.6. The SMILES string of the molecule is O=C(C=Cc1ccc(C(F)(F)F)cc1)N(Cc1cccnc1)C1CC1. The summed E-state index contributed by atoms with van der Waals surface area (Å²) in [4.78, 5) is 18.3. The molecule has 6 heteroatoms. The summed E-state index contributed by atoms with van der Waals surface area (Å²) >= 11 is 0. The van der Waals surface area contributed by atoms with Gasteiger partial charge in [0.15, 0.2) is 0 Å². The van der Waals surface area contributed by atoms with E-state index in [1.165, 1.54) is 18.2 Å². The van der Waals surface area contributed by atoms with Crippen molar-refractivity contribution in [2.45, 2.75) is 31.6 Å². The van der Waals surface area contributed by atoms with Gasteiger partial charge in [-0.1, -0.05) is 18.2 Å². The maximum absolute atomic E-state index is 12.6. The fourth-order valence-electron chi connectivity index (χ4n) is 2.51. The van der Waals surface area contributed by atoms with E-state index in [9.17, 15) is 18.0 Å². The number of rotatable bonds is 5. The Kier molecular flexibility index (Phi) is 4.88. The molecule has 0 N–H and O–H groups in total. The van der Waals surface area contributed by atoms with Crippen LogP contribution in [0.2, 0.25) is 0 Å². The molecule has 1 heterocycles. The summed E-state index contributed by atoms with van der Waals surface area (Å²) in [5.41, 5.74) is 0.802. The van der Waals surface area contributed by atoms with E-state index in [1.807, 2.05) is 12.1 Å². The number of benzene rings is 1. The summed E-state index contributed by atoms with van der Waals surface area (Å²) in [6.07, 6.45) is 3.95. The number of alkyl halides is 3. The fourth-order valence-corrected chi connectivity index (χ4v) is 2.51. The second-order valence-electron chi connectivity index (χ2n) is 6.01. The number of pyridine rings is 1. The van der Waals surface area contributed by atoms with E-state index in [1.54, 1.807) is 23.4 Å². The van der Waals surface area contributed by atoms with Crippen LogP contribution in [0.25, 0.3) is 6.08 Å². The molecular formula is C19H17F3N2O. The first-order chi connectivity index (χ1) is 11.9. The van der Waals surface area contributed by atoms with E-state index in [2.05, 4.69) is 4.98 Å². The predicted molar refractivity (Wildman–Crippen MR) is 88.3 cm³/mol. The number of nitrogens with zero attached hydrogens (tertiary/aromatic N) is 2. The average Bonchev–Trinajstić information content (AvgIpc) is 3.43. The molecular weight excluding hydrogens is 329 g/mol.